The second-order valence-electron chi connectivity index (χ2n) is 11.5. The fourth-order valence-electron chi connectivity index (χ4n) is 5.32. The lowest BCUT2D eigenvalue weighted by molar-refractivity contribution is -0.138. The summed E-state index contributed by atoms with van der Waals surface area (Å²) in [5, 5.41) is 3.73. The second-order valence-corrected chi connectivity index (χ2v) is 11.5. The van der Waals surface area contributed by atoms with Crippen LogP contribution in [0.5, 0.6) is 0 Å². The van der Waals surface area contributed by atoms with Crippen LogP contribution >= 0.6 is 0 Å². The molecule has 0 atom stereocenters. The number of carbonyl (C=O) groups is 1. The van der Waals surface area contributed by atoms with Crippen molar-refractivity contribution in [2.45, 2.75) is 19.6 Å². The van der Waals surface area contributed by atoms with E-state index in [0.29, 0.717) is 0 Å². The van der Waals surface area contributed by atoms with Crippen LogP contribution < -0.4 is 9.80 Å². The van der Waals surface area contributed by atoms with E-state index in [4.69, 9.17) is 0 Å². The summed E-state index contributed by atoms with van der Waals surface area (Å²) >= 11 is 0. The lowest BCUT2D eigenvalue weighted by atomic mass is 10.0. The Hall–Kier alpha value is -3.73. The molecular weight excluding hydrogens is 529 g/mol. The number of rotatable bonds is 7. The van der Waals surface area contributed by atoms with E-state index in [1.54, 1.807) is 6.07 Å². The van der Waals surface area contributed by atoms with Gasteiger partial charge in [-0.2, -0.15) is 13.2 Å². The number of nitrogens with one attached hydrogen (secondary N) is 2. The van der Waals surface area contributed by atoms with E-state index in [0.717, 1.165) is 65.8 Å². The van der Waals surface area contributed by atoms with E-state index >= 15 is 0 Å². The van der Waals surface area contributed by atoms with Gasteiger partial charge in [0, 0.05) is 61.3 Å². The van der Waals surface area contributed by atoms with Gasteiger partial charge in [0.05, 0.1) is 19.7 Å². The van der Waals surface area contributed by atoms with Gasteiger partial charge < -0.3 is 15.2 Å². The zero-order valence-electron chi connectivity index (χ0n) is 23.8. The van der Waals surface area contributed by atoms with Crippen molar-refractivity contribution in [3.63, 3.8) is 0 Å². The Bertz CT molecular complexity index is 1540. The van der Waals surface area contributed by atoms with Crippen molar-refractivity contribution in [2.24, 2.45) is 0 Å². The minimum atomic E-state index is -4.51. The monoisotopic (exact) mass is 565 g/mol. The van der Waals surface area contributed by atoms with Crippen LogP contribution in [0.25, 0.3) is 22.2 Å². The molecule has 4 aromatic rings. The number of aromatic nitrogens is 2. The maximum atomic E-state index is 14.0. The van der Waals surface area contributed by atoms with Gasteiger partial charge in [0.25, 0.3) is 5.91 Å². The number of aryl methyl sites for hydroxylation is 1. The average Bonchev–Trinajstić information content (AvgIpc) is 3.29. The number of hydrogen-bond acceptors (Lipinski definition) is 4. The molecule has 2 N–H and O–H groups in total. The molecule has 1 aliphatic heterocycles. The number of carbonyl (C=O) groups excluding carboxylic acids is 1. The Morgan fingerprint density at radius 2 is 1.71 bits per heavy atom. The van der Waals surface area contributed by atoms with Gasteiger partial charge in [-0.3, -0.25) is 14.2 Å². The van der Waals surface area contributed by atoms with Crippen molar-refractivity contribution in [2.75, 3.05) is 59.2 Å². The van der Waals surface area contributed by atoms with Gasteiger partial charge >= 0.3 is 6.18 Å². The summed E-state index contributed by atoms with van der Waals surface area (Å²) in [6, 6.07) is 16.1. The highest BCUT2D eigenvalue weighted by Gasteiger charge is 2.34. The highest BCUT2D eigenvalue weighted by molar-refractivity contribution is 5.93. The lowest BCUT2D eigenvalue weighted by Gasteiger charge is -2.33. The number of alkyl halides is 3. The van der Waals surface area contributed by atoms with Gasteiger partial charge in [-0.05, 0) is 73.6 Å². The third-order valence-corrected chi connectivity index (χ3v) is 7.73. The number of amides is 1. The fourth-order valence-corrected chi connectivity index (χ4v) is 5.32. The molecule has 216 valence electrons. The first-order valence-electron chi connectivity index (χ1n) is 13.7. The van der Waals surface area contributed by atoms with Crippen molar-refractivity contribution >= 4 is 28.3 Å². The number of halogens is 3. The third kappa shape index (κ3) is 6.78. The highest BCUT2D eigenvalue weighted by Crippen LogP contribution is 2.35. The van der Waals surface area contributed by atoms with E-state index in [2.05, 4.69) is 32.3 Å². The standard InChI is InChI=1S/C31H35F3N6O/c1-21-15-24-16-25(18-35-30(24)36-21)22-6-9-27(10-7-22)40(3,4)20-29(41)37-26-8-5-23(28(17-26)31(32,33)34)19-39-13-11-38(2)12-14-39/h5-10,15-18H,11-14,19-20H2,1-4H3,(H-,35,36,37,41)/p+1. The van der Waals surface area contributed by atoms with Crippen molar-refractivity contribution in [3.8, 4) is 11.1 Å². The van der Waals surface area contributed by atoms with Crippen LogP contribution in [-0.4, -0.2) is 79.5 Å². The fraction of sp³-hybridized carbons (Fsp3) is 0.355. The predicted octanol–water partition coefficient (Wildman–Crippen LogP) is 5.51. The molecule has 0 spiro atoms. The summed E-state index contributed by atoms with van der Waals surface area (Å²) in [5.41, 5.74) is 4.44. The number of anilines is 1. The van der Waals surface area contributed by atoms with E-state index in [1.165, 1.54) is 6.07 Å². The Morgan fingerprint density at radius 3 is 2.39 bits per heavy atom. The van der Waals surface area contributed by atoms with E-state index in [-0.39, 0.29) is 34.7 Å². The number of benzene rings is 2. The molecule has 0 radical (unpaired) electrons. The van der Waals surface area contributed by atoms with Gasteiger partial charge in [0.15, 0.2) is 6.54 Å². The summed E-state index contributed by atoms with van der Waals surface area (Å²) < 4.78 is 42.1. The third-order valence-electron chi connectivity index (χ3n) is 7.73. The average molecular weight is 566 g/mol. The maximum absolute atomic E-state index is 14.0. The molecule has 1 aliphatic rings. The lowest BCUT2D eigenvalue weighted by Crippen LogP contribution is -2.46. The van der Waals surface area contributed by atoms with Crippen LogP contribution in [0, 0.1) is 6.92 Å². The van der Waals surface area contributed by atoms with Gasteiger partial charge in [0.2, 0.25) is 0 Å². The predicted molar refractivity (Wildman–Crippen MR) is 158 cm³/mol. The Morgan fingerprint density at radius 1 is 1.00 bits per heavy atom. The number of aromatic amines is 1. The molecule has 1 saturated heterocycles. The van der Waals surface area contributed by atoms with Gasteiger partial charge in [-0.15, -0.1) is 0 Å². The zero-order valence-corrected chi connectivity index (χ0v) is 23.8. The second kappa shape index (κ2) is 11.3. The van der Waals surface area contributed by atoms with Gasteiger partial charge in [0.1, 0.15) is 11.3 Å². The molecule has 0 aliphatic carbocycles. The molecule has 0 bridgehead atoms. The minimum Gasteiger partial charge on any atom is -0.344 e. The van der Waals surface area contributed by atoms with Gasteiger partial charge in [-0.1, -0.05) is 6.07 Å². The van der Waals surface area contributed by atoms with E-state index < -0.39 is 11.7 Å². The van der Waals surface area contributed by atoms with Gasteiger partial charge in [-0.25, -0.2) is 4.98 Å². The Labute approximate surface area is 238 Å². The first-order valence-corrected chi connectivity index (χ1v) is 13.7. The molecule has 1 fully saturated rings. The minimum absolute atomic E-state index is 0.0554. The summed E-state index contributed by atoms with van der Waals surface area (Å²) in [7, 11) is 5.80. The Kier molecular flexibility index (Phi) is 7.91. The highest BCUT2D eigenvalue weighted by atomic mass is 19.4. The number of fused-ring (bicyclic) bond motifs is 1. The summed E-state index contributed by atoms with van der Waals surface area (Å²) in [4.78, 5) is 24.9. The molecular formula is C31H36F3N6O+. The maximum Gasteiger partial charge on any atom is 0.416 e. The van der Waals surface area contributed by atoms with Crippen LogP contribution in [0.2, 0.25) is 0 Å². The first-order chi connectivity index (χ1) is 19.4. The van der Waals surface area contributed by atoms with Crippen LogP contribution in [0.1, 0.15) is 16.8 Å². The van der Waals surface area contributed by atoms with Crippen molar-refractivity contribution in [1.29, 1.82) is 0 Å². The largest absolute Gasteiger partial charge is 0.416 e. The first kappa shape index (κ1) is 28.8. The number of likely N-dealkylation sites (N-methyl/N-ethyl adjacent to an activating group) is 2. The van der Waals surface area contributed by atoms with Crippen LogP contribution in [0.15, 0.2) is 60.8 Å². The number of hydrogen-bond donors (Lipinski definition) is 2. The molecule has 7 nitrogen and oxygen atoms in total. The smallest absolute Gasteiger partial charge is 0.344 e. The van der Waals surface area contributed by atoms with Crippen LogP contribution in [0.4, 0.5) is 24.5 Å². The summed E-state index contributed by atoms with van der Waals surface area (Å²) in [6.45, 7) is 5.37. The zero-order chi connectivity index (χ0) is 29.4. The molecule has 0 unspecified atom stereocenters. The van der Waals surface area contributed by atoms with E-state index in [1.807, 2.05) is 63.4 Å². The molecule has 5 rings (SSSR count). The Balaban J connectivity index is 1.26. The summed E-state index contributed by atoms with van der Waals surface area (Å²) in [5.74, 6) is -0.364. The molecule has 2 aromatic carbocycles. The SMILES string of the molecule is Cc1cc2cc(-c3ccc([N+](C)(C)CC(=O)Nc4ccc(CN5CCN(C)CC5)c(C(F)(F)F)c4)cc3)cnc2[nH]1. The molecule has 10 heteroatoms. The van der Waals surface area contributed by atoms with E-state index in [9.17, 15) is 18.0 Å². The van der Waals surface area contributed by atoms with Crippen LogP contribution in [-0.2, 0) is 17.5 Å². The number of quaternary nitrogens is 1. The molecule has 3 heterocycles. The normalized spacial score (nSPS) is 15.4. The topological polar surface area (TPSA) is 64.3 Å². The molecule has 41 heavy (non-hydrogen) atoms. The van der Waals surface area contributed by atoms with Crippen molar-refractivity contribution < 1.29 is 18.0 Å². The molecule has 1 amide bonds. The van der Waals surface area contributed by atoms with Crippen LogP contribution in [0.3, 0.4) is 0 Å². The number of piperazine rings is 1. The quantitative estimate of drug-likeness (QED) is 0.290. The number of nitrogens with zero attached hydrogens (tertiary/aromatic N) is 4. The number of H-pyrrole nitrogens is 1. The molecule has 2 aromatic heterocycles. The molecule has 0 saturated carbocycles. The number of pyridine rings is 1. The van der Waals surface area contributed by atoms with Crippen molar-refractivity contribution in [3.05, 3.63) is 77.6 Å². The van der Waals surface area contributed by atoms with Crippen molar-refractivity contribution in [1.82, 2.24) is 24.3 Å². The summed E-state index contributed by atoms with van der Waals surface area (Å²) in [6.07, 6.45) is -2.69.